The van der Waals surface area contributed by atoms with Crippen LogP contribution in [0.25, 0.3) is 10.4 Å². The van der Waals surface area contributed by atoms with Crippen LogP contribution in [0, 0.1) is 0 Å². The lowest BCUT2D eigenvalue weighted by Gasteiger charge is -2.02. The molecule has 4 heteroatoms. The molecular weight excluding hydrogens is 268 g/mol. The summed E-state index contributed by atoms with van der Waals surface area (Å²) in [5.41, 5.74) is 7.59. The first-order valence-electron chi connectivity index (χ1n) is 6.30. The Bertz CT molecular complexity index is 677. The predicted octanol–water partition coefficient (Wildman–Crippen LogP) is 3.97. The van der Waals surface area contributed by atoms with Gasteiger partial charge < -0.3 is 10.5 Å². The summed E-state index contributed by atoms with van der Waals surface area (Å²) in [5, 5.41) is 0.959. The Morgan fingerprint density at radius 2 is 1.75 bits per heavy atom. The van der Waals surface area contributed by atoms with Gasteiger partial charge >= 0.3 is 0 Å². The van der Waals surface area contributed by atoms with Crippen molar-refractivity contribution in [1.82, 2.24) is 4.98 Å². The largest absolute Gasteiger partial charge is 0.486 e. The van der Waals surface area contributed by atoms with Gasteiger partial charge in [0.05, 0.1) is 4.88 Å². The number of hydrogen-bond acceptors (Lipinski definition) is 4. The predicted molar refractivity (Wildman–Crippen MR) is 82.7 cm³/mol. The fourth-order valence-corrected chi connectivity index (χ4v) is 2.66. The molecule has 20 heavy (non-hydrogen) atoms. The van der Waals surface area contributed by atoms with Crippen LogP contribution < -0.4 is 10.5 Å². The summed E-state index contributed by atoms with van der Waals surface area (Å²) in [6, 6.07) is 17.6. The zero-order valence-electron chi connectivity index (χ0n) is 10.8. The Morgan fingerprint density at radius 3 is 2.50 bits per heavy atom. The molecular formula is C16H14N2OS. The number of rotatable bonds is 4. The normalized spacial score (nSPS) is 10.4. The van der Waals surface area contributed by atoms with Gasteiger partial charge in [-0.1, -0.05) is 30.3 Å². The van der Waals surface area contributed by atoms with E-state index >= 15 is 0 Å². The minimum Gasteiger partial charge on any atom is -0.486 e. The van der Waals surface area contributed by atoms with Crippen LogP contribution in [0.2, 0.25) is 0 Å². The standard InChI is InChI=1S/C16H14N2OS/c17-13-8-6-12(7-9-13)15-10-18-16(20-15)11-19-14-4-2-1-3-5-14/h1-10H,11,17H2. The van der Waals surface area contributed by atoms with E-state index in [1.165, 1.54) is 0 Å². The van der Waals surface area contributed by atoms with E-state index in [0.29, 0.717) is 6.61 Å². The van der Waals surface area contributed by atoms with E-state index in [-0.39, 0.29) is 0 Å². The Kier molecular flexibility index (Phi) is 3.65. The molecule has 0 saturated carbocycles. The zero-order valence-corrected chi connectivity index (χ0v) is 11.6. The molecule has 0 saturated heterocycles. The molecule has 0 fully saturated rings. The molecule has 0 amide bonds. The molecule has 3 rings (SSSR count). The third-order valence-corrected chi connectivity index (χ3v) is 3.87. The summed E-state index contributed by atoms with van der Waals surface area (Å²) in [6.07, 6.45) is 1.87. The maximum atomic E-state index is 5.69. The van der Waals surface area contributed by atoms with E-state index in [4.69, 9.17) is 10.5 Å². The number of aromatic nitrogens is 1. The van der Waals surface area contributed by atoms with Crippen molar-refractivity contribution in [3.63, 3.8) is 0 Å². The van der Waals surface area contributed by atoms with Crippen molar-refractivity contribution in [3.8, 4) is 16.2 Å². The van der Waals surface area contributed by atoms with E-state index in [1.807, 2.05) is 60.8 Å². The topological polar surface area (TPSA) is 48.1 Å². The molecule has 0 atom stereocenters. The van der Waals surface area contributed by atoms with Gasteiger partial charge in [-0.05, 0) is 29.8 Å². The zero-order chi connectivity index (χ0) is 13.8. The van der Waals surface area contributed by atoms with Crippen molar-refractivity contribution in [3.05, 3.63) is 65.8 Å². The fourth-order valence-electron chi connectivity index (χ4n) is 1.82. The van der Waals surface area contributed by atoms with Crippen LogP contribution in [0.4, 0.5) is 5.69 Å². The van der Waals surface area contributed by atoms with E-state index in [0.717, 1.165) is 26.9 Å². The molecule has 2 aromatic carbocycles. The van der Waals surface area contributed by atoms with Crippen LogP contribution >= 0.6 is 11.3 Å². The van der Waals surface area contributed by atoms with Gasteiger partial charge in [-0.15, -0.1) is 11.3 Å². The first kappa shape index (κ1) is 12.7. The SMILES string of the molecule is Nc1ccc(-c2cnc(COc3ccccc3)s2)cc1. The van der Waals surface area contributed by atoms with Gasteiger partial charge in [0, 0.05) is 11.9 Å². The summed E-state index contributed by atoms with van der Waals surface area (Å²) in [4.78, 5) is 5.51. The molecule has 100 valence electrons. The molecule has 1 heterocycles. The molecule has 0 spiro atoms. The molecule has 3 aromatic rings. The van der Waals surface area contributed by atoms with Gasteiger partial charge in [0.1, 0.15) is 17.4 Å². The summed E-state index contributed by atoms with van der Waals surface area (Å²) in [6.45, 7) is 0.490. The molecule has 0 aliphatic heterocycles. The second-order valence-corrected chi connectivity index (χ2v) is 5.46. The smallest absolute Gasteiger partial charge is 0.140 e. The Hall–Kier alpha value is -2.33. The number of hydrogen-bond donors (Lipinski definition) is 1. The number of para-hydroxylation sites is 1. The van der Waals surface area contributed by atoms with Gasteiger partial charge in [-0.2, -0.15) is 0 Å². The molecule has 3 nitrogen and oxygen atoms in total. The monoisotopic (exact) mass is 282 g/mol. The minimum absolute atomic E-state index is 0.490. The van der Waals surface area contributed by atoms with Crippen LogP contribution in [0.3, 0.4) is 0 Å². The number of benzene rings is 2. The maximum absolute atomic E-state index is 5.69. The van der Waals surface area contributed by atoms with E-state index < -0.39 is 0 Å². The summed E-state index contributed by atoms with van der Waals surface area (Å²) in [7, 11) is 0. The Balaban J connectivity index is 1.69. The molecule has 2 N–H and O–H groups in total. The molecule has 0 unspecified atom stereocenters. The second kappa shape index (κ2) is 5.75. The van der Waals surface area contributed by atoms with Crippen LogP contribution in [0.15, 0.2) is 60.8 Å². The summed E-state index contributed by atoms with van der Waals surface area (Å²) in [5.74, 6) is 0.858. The lowest BCUT2D eigenvalue weighted by atomic mass is 10.2. The lowest BCUT2D eigenvalue weighted by molar-refractivity contribution is 0.305. The average Bonchev–Trinajstić information content (AvgIpc) is 2.96. The highest BCUT2D eigenvalue weighted by Gasteiger charge is 2.05. The van der Waals surface area contributed by atoms with Crippen LogP contribution in [0.1, 0.15) is 5.01 Å². The molecule has 0 aliphatic carbocycles. The van der Waals surface area contributed by atoms with Crippen LogP contribution in [0.5, 0.6) is 5.75 Å². The molecule has 0 bridgehead atoms. The van der Waals surface area contributed by atoms with Gasteiger partial charge in [0.25, 0.3) is 0 Å². The van der Waals surface area contributed by atoms with Crippen LogP contribution in [-0.2, 0) is 6.61 Å². The van der Waals surface area contributed by atoms with Crippen molar-refractivity contribution in [1.29, 1.82) is 0 Å². The quantitative estimate of drug-likeness (QED) is 0.736. The van der Waals surface area contributed by atoms with Crippen LogP contribution in [-0.4, -0.2) is 4.98 Å². The number of nitrogen functional groups attached to an aromatic ring is 1. The first-order chi connectivity index (χ1) is 9.81. The van der Waals surface area contributed by atoms with Crippen molar-refractivity contribution in [2.24, 2.45) is 0 Å². The van der Waals surface area contributed by atoms with E-state index in [9.17, 15) is 0 Å². The lowest BCUT2D eigenvalue weighted by Crippen LogP contribution is -1.93. The maximum Gasteiger partial charge on any atom is 0.140 e. The number of anilines is 1. The first-order valence-corrected chi connectivity index (χ1v) is 7.11. The van der Waals surface area contributed by atoms with Gasteiger partial charge in [-0.25, -0.2) is 4.98 Å². The van der Waals surface area contributed by atoms with E-state index in [2.05, 4.69) is 4.98 Å². The van der Waals surface area contributed by atoms with Crippen molar-refractivity contribution in [2.75, 3.05) is 5.73 Å². The van der Waals surface area contributed by atoms with Crippen molar-refractivity contribution in [2.45, 2.75) is 6.61 Å². The number of ether oxygens (including phenoxy) is 1. The minimum atomic E-state index is 0.490. The van der Waals surface area contributed by atoms with Gasteiger partial charge in [0.15, 0.2) is 0 Å². The summed E-state index contributed by atoms with van der Waals surface area (Å²) < 4.78 is 5.69. The highest BCUT2D eigenvalue weighted by molar-refractivity contribution is 7.15. The van der Waals surface area contributed by atoms with E-state index in [1.54, 1.807) is 11.3 Å². The van der Waals surface area contributed by atoms with Gasteiger partial charge in [0.2, 0.25) is 0 Å². The number of nitrogens with zero attached hydrogens (tertiary/aromatic N) is 1. The fraction of sp³-hybridized carbons (Fsp3) is 0.0625. The van der Waals surface area contributed by atoms with Crippen molar-refractivity contribution >= 4 is 17.0 Å². The van der Waals surface area contributed by atoms with Gasteiger partial charge in [-0.3, -0.25) is 0 Å². The number of nitrogens with two attached hydrogens (primary N) is 1. The Labute approximate surface area is 121 Å². The third-order valence-electron chi connectivity index (χ3n) is 2.85. The average molecular weight is 282 g/mol. The Morgan fingerprint density at radius 1 is 1.00 bits per heavy atom. The summed E-state index contributed by atoms with van der Waals surface area (Å²) >= 11 is 1.63. The second-order valence-electron chi connectivity index (χ2n) is 4.34. The number of thiazole rings is 1. The molecule has 1 aromatic heterocycles. The molecule has 0 radical (unpaired) electrons. The van der Waals surface area contributed by atoms with Crippen molar-refractivity contribution < 1.29 is 4.74 Å². The highest BCUT2D eigenvalue weighted by atomic mass is 32.1. The molecule has 0 aliphatic rings. The highest BCUT2D eigenvalue weighted by Crippen LogP contribution is 2.27. The third kappa shape index (κ3) is 2.97.